The van der Waals surface area contributed by atoms with Crippen LogP contribution in [-0.2, 0) is 23.1 Å². The van der Waals surface area contributed by atoms with Gasteiger partial charge in [-0.05, 0) is 17.7 Å². The molecule has 0 saturated carbocycles. The molecule has 2 aromatic heterocycles. The molecule has 30 heavy (non-hydrogen) atoms. The van der Waals surface area contributed by atoms with Gasteiger partial charge in [0, 0.05) is 36.8 Å². The normalized spacial score (nSPS) is 10.5. The monoisotopic (exact) mass is 430 g/mol. The quantitative estimate of drug-likeness (QED) is 0.506. The van der Waals surface area contributed by atoms with E-state index in [1.807, 2.05) is 13.2 Å². The molecule has 0 aliphatic heterocycles. The Balaban J connectivity index is 1.87. The number of amides is 1. The van der Waals surface area contributed by atoms with E-state index >= 15 is 0 Å². The van der Waals surface area contributed by atoms with Gasteiger partial charge in [-0.3, -0.25) is 14.3 Å². The predicted octanol–water partition coefficient (Wildman–Crippen LogP) is 2.38. The fourth-order valence-electron chi connectivity index (χ4n) is 2.80. The second kappa shape index (κ2) is 9.40. The van der Waals surface area contributed by atoms with Crippen molar-refractivity contribution in [2.24, 2.45) is 7.05 Å². The second-order valence-electron chi connectivity index (χ2n) is 6.40. The highest BCUT2D eigenvalue weighted by Gasteiger charge is 2.23. The molecule has 10 heteroatoms. The van der Waals surface area contributed by atoms with E-state index in [0.29, 0.717) is 16.5 Å². The Kier molecular flexibility index (Phi) is 6.68. The molecule has 9 nitrogen and oxygen atoms in total. The Labute approximate surface area is 177 Å². The topological polar surface area (TPSA) is 95.8 Å². The van der Waals surface area contributed by atoms with Crippen molar-refractivity contribution in [1.82, 2.24) is 19.7 Å². The lowest BCUT2D eigenvalue weighted by Crippen LogP contribution is -2.36. The third kappa shape index (κ3) is 4.95. The molecule has 0 spiro atoms. The van der Waals surface area contributed by atoms with Gasteiger partial charge < -0.3 is 19.1 Å². The molecule has 0 aliphatic carbocycles. The number of benzene rings is 1. The van der Waals surface area contributed by atoms with Crippen LogP contribution in [0.1, 0.15) is 16.1 Å². The van der Waals surface area contributed by atoms with Gasteiger partial charge in [0.1, 0.15) is 28.7 Å². The Morgan fingerprint density at radius 1 is 1.13 bits per heavy atom. The Bertz CT molecular complexity index is 1020. The fourth-order valence-corrected chi connectivity index (χ4v) is 3.57. The van der Waals surface area contributed by atoms with Crippen molar-refractivity contribution in [3.63, 3.8) is 0 Å². The average Bonchev–Trinajstić information content (AvgIpc) is 3.41. The number of hydrogen-bond acceptors (Lipinski definition) is 8. The van der Waals surface area contributed by atoms with Crippen LogP contribution in [0, 0.1) is 0 Å². The highest BCUT2D eigenvalue weighted by molar-refractivity contribution is 7.13. The molecule has 3 aromatic rings. The highest BCUT2D eigenvalue weighted by atomic mass is 32.1. The minimum Gasteiger partial charge on any atom is -0.497 e. The smallest absolute Gasteiger partial charge is 0.325 e. The first-order valence-corrected chi connectivity index (χ1v) is 9.84. The van der Waals surface area contributed by atoms with Gasteiger partial charge in [0.15, 0.2) is 0 Å². The number of ether oxygens (including phenoxy) is 3. The Hall–Kier alpha value is -3.40. The molecule has 1 aromatic carbocycles. The molecule has 0 saturated heterocycles. The number of carbonyl (C=O) groups is 2. The number of nitrogens with zero attached hydrogens (tertiary/aromatic N) is 4. The maximum atomic E-state index is 13.1. The van der Waals surface area contributed by atoms with E-state index in [9.17, 15) is 9.59 Å². The van der Waals surface area contributed by atoms with Crippen molar-refractivity contribution in [3.8, 4) is 22.1 Å². The molecule has 158 valence electrons. The highest BCUT2D eigenvalue weighted by Crippen LogP contribution is 2.26. The Morgan fingerprint density at radius 2 is 1.83 bits per heavy atom. The van der Waals surface area contributed by atoms with E-state index in [2.05, 4.69) is 10.1 Å². The predicted molar refractivity (Wildman–Crippen MR) is 111 cm³/mol. The SMILES string of the molecule is COC(=O)CN(Cc1cc(OC)cc(OC)c1)C(=O)c1csc(-c2cnn(C)c2)n1. The zero-order valence-corrected chi connectivity index (χ0v) is 17.9. The lowest BCUT2D eigenvalue weighted by Gasteiger charge is -2.21. The van der Waals surface area contributed by atoms with Gasteiger partial charge in [0.05, 0.1) is 27.5 Å². The maximum Gasteiger partial charge on any atom is 0.325 e. The van der Waals surface area contributed by atoms with E-state index in [0.717, 1.165) is 11.1 Å². The van der Waals surface area contributed by atoms with E-state index in [1.54, 1.807) is 48.7 Å². The summed E-state index contributed by atoms with van der Waals surface area (Å²) in [7, 11) is 6.18. The summed E-state index contributed by atoms with van der Waals surface area (Å²) in [6.45, 7) is -0.0597. The molecule has 0 fully saturated rings. The van der Waals surface area contributed by atoms with Crippen LogP contribution in [0.4, 0.5) is 0 Å². The third-order valence-corrected chi connectivity index (χ3v) is 5.19. The van der Waals surface area contributed by atoms with Crippen molar-refractivity contribution in [3.05, 3.63) is 47.2 Å². The molecular weight excluding hydrogens is 408 g/mol. The zero-order chi connectivity index (χ0) is 21.7. The summed E-state index contributed by atoms with van der Waals surface area (Å²) in [5, 5.41) is 6.47. The molecule has 1 amide bonds. The summed E-state index contributed by atoms with van der Waals surface area (Å²) < 4.78 is 17.0. The number of methoxy groups -OCH3 is 3. The van der Waals surface area contributed by atoms with Crippen LogP contribution in [-0.4, -0.2) is 59.4 Å². The van der Waals surface area contributed by atoms with E-state index < -0.39 is 5.97 Å². The van der Waals surface area contributed by atoms with Crippen molar-refractivity contribution in [2.75, 3.05) is 27.9 Å². The van der Waals surface area contributed by atoms with Crippen LogP contribution < -0.4 is 9.47 Å². The fraction of sp³-hybridized carbons (Fsp3) is 0.300. The Morgan fingerprint density at radius 3 is 2.40 bits per heavy atom. The summed E-state index contributed by atoms with van der Waals surface area (Å²) in [4.78, 5) is 30.9. The van der Waals surface area contributed by atoms with Gasteiger partial charge in [0.2, 0.25) is 0 Å². The van der Waals surface area contributed by atoms with Crippen LogP contribution in [0.25, 0.3) is 10.6 Å². The number of rotatable bonds is 8. The van der Waals surface area contributed by atoms with Crippen molar-refractivity contribution in [1.29, 1.82) is 0 Å². The molecule has 2 heterocycles. The maximum absolute atomic E-state index is 13.1. The molecule has 0 radical (unpaired) electrons. The van der Waals surface area contributed by atoms with Gasteiger partial charge in [-0.25, -0.2) is 4.98 Å². The summed E-state index contributed by atoms with van der Waals surface area (Å²) in [5.41, 5.74) is 1.81. The van der Waals surface area contributed by atoms with E-state index in [1.165, 1.54) is 23.3 Å². The third-order valence-electron chi connectivity index (χ3n) is 4.29. The number of aromatic nitrogens is 3. The van der Waals surface area contributed by atoms with Gasteiger partial charge in [-0.2, -0.15) is 5.10 Å². The van der Waals surface area contributed by atoms with Crippen LogP contribution in [0.5, 0.6) is 11.5 Å². The standard InChI is InChI=1S/C20H22N4O5S/c1-23-10-14(8-21-23)19-22-17(12-30-19)20(26)24(11-18(25)29-4)9-13-5-15(27-2)7-16(6-13)28-3/h5-8,10,12H,9,11H2,1-4H3. The van der Waals surface area contributed by atoms with Gasteiger partial charge in [-0.1, -0.05) is 0 Å². The summed E-state index contributed by atoms with van der Waals surface area (Å²) in [5.74, 6) is 0.263. The number of aryl methyl sites for hydroxylation is 1. The molecule has 0 aliphatic rings. The summed E-state index contributed by atoms with van der Waals surface area (Å²) in [6, 6.07) is 5.29. The number of hydrogen-bond donors (Lipinski definition) is 0. The number of thiazole rings is 1. The van der Waals surface area contributed by atoms with E-state index in [4.69, 9.17) is 14.2 Å². The van der Waals surface area contributed by atoms with Crippen molar-refractivity contribution < 1.29 is 23.8 Å². The molecule has 0 bridgehead atoms. The largest absolute Gasteiger partial charge is 0.497 e. The van der Waals surface area contributed by atoms with Crippen LogP contribution >= 0.6 is 11.3 Å². The first-order chi connectivity index (χ1) is 14.4. The minimum absolute atomic E-state index is 0.154. The van der Waals surface area contributed by atoms with Crippen molar-refractivity contribution in [2.45, 2.75) is 6.54 Å². The molecule has 0 atom stereocenters. The number of esters is 1. The van der Waals surface area contributed by atoms with Crippen LogP contribution in [0.15, 0.2) is 36.0 Å². The van der Waals surface area contributed by atoms with Gasteiger partial charge >= 0.3 is 5.97 Å². The first kappa shape index (κ1) is 21.3. The second-order valence-corrected chi connectivity index (χ2v) is 7.26. The van der Waals surface area contributed by atoms with E-state index in [-0.39, 0.29) is 24.7 Å². The van der Waals surface area contributed by atoms with Gasteiger partial charge in [0.25, 0.3) is 5.91 Å². The van der Waals surface area contributed by atoms with Crippen LogP contribution in [0.2, 0.25) is 0 Å². The lowest BCUT2D eigenvalue weighted by atomic mass is 10.1. The first-order valence-electron chi connectivity index (χ1n) is 8.96. The molecule has 0 unspecified atom stereocenters. The summed E-state index contributed by atoms with van der Waals surface area (Å²) >= 11 is 1.34. The molecule has 3 rings (SSSR count). The average molecular weight is 430 g/mol. The minimum atomic E-state index is -0.527. The molecular formula is C20H22N4O5S. The van der Waals surface area contributed by atoms with Gasteiger partial charge in [-0.15, -0.1) is 11.3 Å². The van der Waals surface area contributed by atoms with Crippen LogP contribution in [0.3, 0.4) is 0 Å². The number of carbonyl (C=O) groups excluding carboxylic acids is 2. The summed E-state index contributed by atoms with van der Waals surface area (Å²) in [6.07, 6.45) is 3.50. The zero-order valence-electron chi connectivity index (χ0n) is 17.1. The lowest BCUT2D eigenvalue weighted by molar-refractivity contribution is -0.141. The van der Waals surface area contributed by atoms with Crippen molar-refractivity contribution >= 4 is 23.2 Å². The molecule has 0 N–H and O–H groups in total.